The van der Waals surface area contributed by atoms with Gasteiger partial charge in [-0.05, 0) is 17.6 Å². The van der Waals surface area contributed by atoms with Crippen LogP contribution in [0.4, 0.5) is 0 Å². The van der Waals surface area contributed by atoms with E-state index < -0.39 is 5.97 Å². The van der Waals surface area contributed by atoms with E-state index in [9.17, 15) is 0 Å². The molecule has 0 heterocycles. The van der Waals surface area contributed by atoms with Crippen LogP contribution in [0.1, 0.15) is 13.3 Å². The number of hydrogen-bond donors (Lipinski definition) is 1. The summed E-state index contributed by atoms with van der Waals surface area (Å²) in [6.07, 6.45) is 9.90. The van der Waals surface area contributed by atoms with Gasteiger partial charge in [-0.25, -0.2) is 0 Å². The minimum atomic E-state index is -0.833. The van der Waals surface area contributed by atoms with Crippen molar-refractivity contribution in [2.75, 3.05) is 0 Å². The van der Waals surface area contributed by atoms with E-state index in [-0.39, 0.29) is 0 Å². The lowest BCUT2D eigenvalue weighted by molar-refractivity contribution is -0.134. The molecule has 0 fully saturated rings. The van der Waals surface area contributed by atoms with Crippen LogP contribution in [0.3, 0.4) is 0 Å². The molecular weight excluding hydrogens is 140 g/mol. The molecule has 0 aromatic rings. The Morgan fingerprint density at radius 1 is 1.36 bits per heavy atom. The summed E-state index contributed by atoms with van der Waals surface area (Å²) in [6, 6.07) is 0. The summed E-state index contributed by atoms with van der Waals surface area (Å²) in [5.74, 6) is -0.833. The minimum Gasteiger partial charge on any atom is -0.481 e. The third kappa shape index (κ3) is 2.42. The summed E-state index contributed by atoms with van der Waals surface area (Å²) in [6.45, 7) is 1.08. The maximum atomic E-state index is 9.00. The first-order valence-electron chi connectivity index (χ1n) is 3.46. The predicted octanol–water partition coefficient (Wildman–Crippen LogP) is 1.90. The normalized spacial score (nSPS) is 16.8. The summed E-state index contributed by atoms with van der Waals surface area (Å²) >= 11 is 0. The van der Waals surface area contributed by atoms with Gasteiger partial charge in [-0.15, -0.1) is 0 Å². The molecule has 0 saturated heterocycles. The maximum Gasteiger partial charge on any atom is 0.300 e. The van der Waals surface area contributed by atoms with Gasteiger partial charge in [0.1, 0.15) is 0 Å². The van der Waals surface area contributed by atoms with E-state index >= 15 is 0 Å². The third-order valence-electron chi connectivity index (χ3n) is 1.43. The van der Waals surface area contributed by atoms with Crippen LogP contribution >= 0.6 is 0 Å². The van der Waals surface area contributed by atoms with E-state index in [1.165, 1.54) is 17.6 Å². The molecule has 2 aliphatic rings. The molecule has 2 aliphatic carbocycles. The second kappa shape index (κ2) is 3.19. The molecule has 0 unspecified atom stereocenters. The van der Waals surface area contributed by atoms with Crippen molar-refractivity contribution in [3.63, 3.8) is 0 Å². The first kappa shape index (κ1) is 7.79. The molecule has 1 N–H and O–H groups in total. The zero-order valence-electron chi connectivity index (χ0n) is 6.37. The van der Waals surface area contributed by atoms with Crippen molar-refractivity contribution >= 4 is 5.97 Å². The first-order chi connectivity index (χ1) is 5.18. The molecule has 2 bridgehead atoms. The highest BCUT2D eigenvalue weighted by molar-refractivity contribution is 5.62. The van der Waals surface area contributed by atoms with E-state index in [0.29, 0.717) is 0 Å². The van der Waals surface area contributed by atoms with E-state index in [2.05, 4.69) is 24.3 Å². The van der Waals surface area contributed by atoms with Crippen molar-refractivity contribution in [2.45, 2.75) is 13.3 Å². The van der Waals surface area contributed by atoms with Crippen molar-refractivity contribution in [3.05, 3.63) is 35.5 Å². The van der Waals surface area contributed by atoms with Gasteiger partial charge in [-0.2, -0.15) is 0 Å². The molecular formula is C9H10O2. The Bertz CT molecular complexity index is 233. The SMILES string of the molecule is C1=CC2=CC=C1C2.CC(=O)O. The van der Waals surface area contributed by atoms with Crippen LogP contribution in [0, 0.1) is 0 Å². The molecule has 11 heavy (non-hydrogen) atoms. The van der Waals surface area contributed by atoms with Crippen LogP contribution in [-0.4, -0.2) is 11.1 Å². The van der Waals surface area contributed by atoms with Crippen molar-refractivity contribution < 1.29 is 9.90 Å². The second-order valence-corrected chi connectivity index (χ2v) is 2.51. The Kier molecular flexibility index (Phi) is 2.26. The average Bonchev–Trinajstić information content (AvgIpc) is 2.45. The van der Waals surface area contributed by atoms with Crippen LogP contribution in [-0.2, 0) is 4.79 Å². The predicted molar refractivity (Wildman–Crippen MR) is 43.2 cm³/mol. The molecule has 0 radical (unpaired) electrons. The number of carboxylic acid groups (broad SMARTS) is 1. The average molecular weight is 150 g/mol. The van der Waals surface area contributed by atoms with Crippen molar-refractivity contribution in [2.24, 2.45) is 0 Å². The monoisotopic (exact) mass is 150 g/mol. The van der Waals surface area contributed by atoms with Crippen LogP contribution in [0.5, 0.6) is 0 Å². The van der Waals surface area contributed by atoms with Gasteiger partial charge >= 0.3 is 0 Å². The Morgan fingerprint density at radius 3 is 1.82 bits per heavy atom. The number of carboxylic acids is 1. The number of aliphatic carboxylic acids is 1. The molecule has 0 aromatic carbocycles. The van der Waals surface area contributed by atoms with Gasteiger partial charge in [-0.3, -0.25) is 4.79 Å². The van der Waals surface area contributed by atoms with Gasteiger partial charge < -0.3 is 5.11 Å². The fourth-order valence-corrected chi connectivity index (χ4v) is 1.01. The molecule has 0 spiro atoms. The molecule has 2 rings (SSSR count). The Labute approximate surface area is 65.5 Å². The molecule has 0 aliphatic heterocycles. The van der Waals surface area contributed by atoms with Gasteiger partial charge in [0.25, 0.3) is 5.97 Å². The van der Waals surface area contributed by atoms with Gasteiger partial charge in [0.05, 0.1) is 0 Å². The number of allylic oxidation sites excluding steroid dienone is 6. The van der Waals surface area contributed by atoms with E-state index in [0.717, 1.165) is 6.92 Å². The molecule has 0 amide bonds. The highest BCUT2D eigenvalue weighted by Gasteiger charge is 2.07. The van der Waals surface area contributed by atoms with Crippen LogP contribution in [0.25, 0.3) is 0 Å². The topological polar surface area (TPSA) is 37.3 Å². The molecule has 2 nitrogen and oxygen atoms in total. The smallest absolute Gasteiger partial charge is 0.300 e. The number of carbonyl (C=O) groups is 1. The molecule has 0 saturated carbocycles. The zero-order chi connectivity index (χ0) is 8.27. The Balaban J connectivity index is 0.000000134. The van der Waals surface area contributed by atoms with Gasteiger partial charge in [-0.1, -0.05) is 24.3 Å². The lowest BCUT2D eigenvalue weighted by Gasteiger charge is -1.77. The summed E-state index contributed by atoms with van der Waals surface area (Å²) < 4.78 is 0. The number of rotatable bonds is 0. The fraction of sp³-hybridized carbons (Fsp3) is 0.222. The lowest BCUT2D eigenvalue weighted by atomic mass is 10.3. The molecule has 58 valence electrons. The van der Waals surface area contributed by atoms with Crippen LogP contribution in [0.2, 0.25) is 0 Å². The summed E-state index contributed by atoms with van der Waals surface area (Å²) in [5.41, 5.74) is 2.94. The largest absolute Gasteiger partial charge is 0.481 e. The van der Waals surface area contributed by atoms with Gasteiger partial charge in [0, 0.05) is 6.92 Å². The summed E-state index contributed by atoms with van der Waals surface area (Å²) in [4.78, 5) is 9.00. The molecule has 0 aromatic heterocycles. The first-order valence-corrected chi connectivity index (χ1v) is 3.46. The lowest BCUT2D eigenvalue weighted by Crippen LogP contribution is -1.78. The zero-order valence-corrected chi connectivity index (χ0v) is 6.37. The Morgan fingerprint density at radius 2 is 1.73 bits per heavy atom. The quantitative estimate of drug-likeness (QED) is 0.572. The van der Waals surface area contributed by atoms with Gasteiger partial charge in [0.15, 0.2) is 0 Å². The van der Waals surface area contributed by atoms with Gasteiger partial charge in [0.2, 0.25) is 0 Å². The van der Waals surface area contributed by atoms with Crippen molar-refractivity contribution in [3.8, 4) is 0 Å². The highest BCUT2D eigenvalue weighted by atomic mass is 16.4. The fourth-order valence-electron chi connectivity index (χ4n) is 1.01. The van der Waals surface area contributed by atoms with E-state index in [1.807, 2.05) is 0 Å². The van der Waals surface area contributed by atoms with Crippen LogP contribution < -0.4 is 0 Å². The second-order valence-electron chi connectivity index (χ2n) is 2.51. The molecule has 0 atom stereocenters. The third-order valence-corrected chi connectivity index (χ3v) is 1.43. The summed E-state index contributed by atoms with van der Waals surface area (Å²) in [5, 5.41) is 7.42. The summed E-state index contributed by atoms with van der Waals surface area (Å²) in [7, 11) is 0. The number of hydrogen-bond acceptors (Lipinski definition) is 1. The van der Waals surface area contributed by atoms with E-state index in [4.69, 9.17) is 9.90 Å². The highest BCUT2D eigenvalue weighted by Crippen LogP contribution is 2.27. The van der Waals surface area contributed by atoms with Crippen molar-refractivity contribution in [1.29, 1.82) is 0 Å². The van der Waals surface area contributed by atoms with Crippen LogP contribution in [0.15, 0.2) is 35.5 Å². The van der Waals surface area contributed by atoms with E-state index in [1.54, 1.807) is 0 Å². The molecule has 2 heteroatoms. The minimum absolute atomic E-state index is 0.833. The van der Waals surface area contributed by atoms with Crippen molar-refractivity contribution in [1.82, 2.24) is 0 Å². The standard InChI is InChI=1S/C7H6.C2H4O2/c1-2-7-4-3-6(1)5-7;1-2(3)4/h1-4H,5H2;1H3,(H,3,4). The number of fused-ring (bicyclic) bond motifs is 2. The maximum absolute atomic E-state index is 9.00. The Hall–Kier alpha value is -1.31.